The standard InChI is InChI=1S/C9H7F5O2/c10-8(11,5-15)6-1-3-7(4-2-6)16-9(12,13)14/h1-4,15H,5H2. The third-order valence-corrected chi connectivity index (χ3v) is 1.71. The molecule has 0 aliphatic rings. The van der Waals surface area contributed by atoms with E-state index in [1.807, 2.05) is 0 Å². The smallest absolute Gasteiger partial charge is 0.406 e. The van der Waals surface area contributed by atoms with Gasteiger partial charge in [0.15, 0.2) is 0 Å². The van der Waals surface area contributed by atoms with Gasteiger partial charge in [0.25, 0.3) is 5.92 Å². The van der Waals surface area contributed by atoms with Gasteiger partial charge in [-0.2, -0.15) is 8.78 Å². The Kier molecular flexibility index (Phi) is 3.37. The Morgan fingerprint density at radius 2 is 1.50 bits per heavy atom. The first kappa shape index (κ1) is 12.7. The van der Waals surface area contributed by atoms with Gasteiger partial charge in [0.05, 0.1) is 0 Å². The lowest BCUT2D eigenvalue weighted by atomic mass is 10.1. The van der Waals surface area contributed by atoms with Gasteiger partial charge in [0, 0.05) is 5.56 Å². The molecule has 1 N–H and O–H groups in total. The van der Waals surface area contributed by atoms with Crippen LogP contribution < -0.4 is 4.74 Å². The molecule has 0 unspecified atom stereocenters. The van der Waals surface area contributed by atoms with Crippen LogP contribution in [0.3, 0.4) is 0 Å². The predicted molar refractivity (Wildman–Crippen MR) is 44.1 cm³/mol. The van der Waals surface area contributed by atoms with Gasteiger partial charge in [-0.1, -0.05) is 0 Å². The quantitative estimate of drug-likeness (QED) is 0.825. The fourth-order valence-electron chi connectivity index (χ4n) is 0.992. The number of rotatable bonds is 3. The maximum absolute atomic E-state index is 12.8. The van der Waals surface area contributed by atoms with Gasteiger partial charge in [-0.25, -0.2) is 0 Å². The van der Waals surface area contributed by atoms with Crippen molar-refractivity contribution >= 4 is 0 Å². The second-order valence-corrected chi connectivity index (χ2v) is 2.93. The molecule has 0 spiro atoms. The summed E-state index contributed by atoms with van der Waals surface area (Å²) in [6, 6.07) is 3.04. The molecule has 0 saturated heterocycles. The van der Waals surface area contributed by atoms with E-state index < -0.39 is 30.2 Å². The Morgan fingerprint density at radius 3 is 1.88 bits per heavy atom. The zero-order chi connectivity index (χ0) is 12.4. The van der Waals surface area contributed by atoms with Crippen LogP contribution in [0.4, 0.5) is 22.0 Å². The summed E-state index contributed by atoms with van der Waals surface area (Å²) >= 11 is 0. The lowest BCUT2D eigenvalue weighted by Gasteiger charge is -2.14. The molecule has 0 radical (unpaired) electrons. The normalized spacial score (nSPS) is 12.6. The summed E-state index contributed by atoms with van der Waals surface area (Å²) in [6.45, 7) is -1.41. The van der Waals surface area contributed by atoms with Crippen LogP contribution in [0.25, 0.3) is 0 Å². The maximum atomic E-state index is 12.8. The number of ether oxygens (including phenoxy) is 1. The van der Waals surface area contributed by atoms with Crippen molar-refractivity contribution in [2.75, 3.05) is 6.61 Å². The molecule has 1 rings (SSSR count). The van der Waals surface area contributed by atoms with Gasteiger partial charge in [-0.05, 0) is 24.3 Å². The Labute approximate surface area is 87.3 Å². The second kappa shape index (κ2) is 4.25. The average Bonchev–Trinajstić information content (AvgIpc) is 2.16. The topological polar surface area (TPSA) is 29.5 Å². The van der Waals surface area contributed by atoms with Gasteiger partial charge in [-0.3, -0.25) is 0 Å². The Hall–Kier alpha value is -1.37. The molecule has 16 heavy (non-hydrogen) atoms. The van der Waals surface area contributed by atoms with Crippen LogP contribution in [0.2, 0.25) is 0 Å². The molecule has 0 fully saturated rings. The summed E-state index contributed by atoms with van der Waals surface area (Å²) in [7, 11) is 0. The zero-order valence-corrected chi connectivity index (χ0v) is 7.76. The highest BCUT2D eigenvalue weighted by Gasteiger charge is 2.33. The number of benzene rings is 1. The number of hydrogen-bond donors (Lipinski definition) is 1. The number of aliphatic hydroxyl groups excluding tert-OH is 1. The van der Waals surface area contributed by atoms with Crippen LogP contribution >= 0.6 is 0 Å². The minimum atomic E-state index is -4.86. The molecule has 7 heteroatoms. The highest BCUT2D eigenvalue weighted by atomic mass is 19.4. The first-order valence-corrected chi connectivity index (χ1v) is 4.09. The van der Waals surface area contributed by atoms with Crippen LogP contribution in [0, 0.1) is 0 Å². The van der Waals surface area contributed by atoms with E-state index in [1.165, 1.54) is 0 Å². The van der Waals surface area contributed by atoms with Crippen molar-refractivity contribution in [3.63, 3.8) is 0 Å². The number of aliphatic hydroxyl groups is 1. The van der Waals surface area contributed by atoms with E-state index in [0.717, 1.165) is 24.3 Å². The van der Waals surface area contributed by atoms with Crippen molar-refractivity contribution in [2.24, 2.45) is 0 Å². The van der Waals surface area contributed by atoms with E-state index in [-0.39, 0.29) is 0 Å². The summed E-state index contributed by atoms with van der Waals surface area (Å²) in [6.07, 6.45) is -4.86. The van der Waals surface area contributed by atoms with Crippen LogP contribution in [0.1, 0.15) is 5.56 Å². The predicted octanol–water partition coefficient (Wildman–Crippen LogP) is 2.67. The van der Waals surface area contributed by atoms with E-state index in [2.05, 4.69) is 4.74 Å². The SMILES string of the molecule is OCC(F)(F)c1ccc(OC(F)(F)F)cc1. The van der Waals surface area contributed by atoms with E-state index >= 15 is 0 Å². The first-order chi connectivity index (χ1) is 7.24. The minimum Gasteiger partial charge on any atom is -0.406 e. The third kappa shape index (κ3) is 3.34. The van der Waals surface area contributed by atoms with Crippen molar-refractivity contribution in [3.8, 4) is 5.75 Å². The molecule has 0 aromatic heterocycles. The fraction of sp³-hybridized carbons (Fsp3) is 0.333. The van der Waals surface area contributed by atoms with Crippen LogP contribution in [0.5, 0.6) is 5.75 Å². The van der Waals surface area contributed by atoms with Crippen molar-refractivity contribution < 1.29 is 31.8 Å². The monoisotopic (exact) mass is 242 g/mol. The van der Waals surface area contributed by atoms with Crippen molar-refractivity contribution in [2.45, 2.75) is 12.3 Å². The zero-order valence-electron chi connectivity index (χ0n) is 7.76. The summed E-state index contributed by atoms with van der Waals surface area (Å²) in [5, 5.41) is 8.34. The van der Waals surface area contributed by atoms with Gasteiger partial charge >= 0.3 is 6.36 Å². The first-order valence-electron chi connectivity index (χ1n) is 4.09. The molecule has 0 heterocycles. The number of hydrogen-bond acceptors (Lipinski definition) is 2. The lowest BCUT2D eigenvalue weighted by molar-refractivity contribution is -0.274. The van der Waals surface area contributed by atoms with E-state index in [4.69, 9.17) is 5.11 Å². The molecule has 0 atom stereocenters. The molecule has 0 aliphatic carbocycles. The van der Waals surface area contributed by atoms with Crippen molar-refractivity contribution in [1.29, 1.82) is 0 Å². The Morgan fingerprint density at radius 1 is 1.00 bits per heavy atom. The molecule has 1 aromatic rings. The average molecular weight is 242 g/mol. The Bertz CT molecular complexity index is 344. The largest absolute Gasteiger partial charge is 0.573 e. The molecule has 90 valence electrons. The van der Waals surface area contributed by atoms with E-state index in [1.54, 1.807) is 0 Å². The summed E-state index contributed by atoms with van der Waals surface area (Å²) < 4.78 is 64.4. The minimum absolute atomic E-state index is 0.579. The lowest BCUT2D eigenvalue weighted by Crippen LogP contribution is -2.19. The maximum Gasteiger partial charge on any atom is 0.573 e. The third-order valence-electron chi connectivity index (χ3n) is 1.71. The summed E-state index contributed by atoms with van der Waals surface area (Å²) in [5.41, 5.74) is -0.579. The number of halogens is 5. The molecule has 1 aromatic carbocycles. The van der Waals surface area contributed by atoms with Gasteiger partial charge < -0.3 is 9.84 Å². The van der Waals surface area contributed by atoms with Crippen molar-refractivity contribution in [1.82, 2.24) is 0 Å². The molecule has 0 aliphatic heterocycles. The molecule has 0 amide bonds. The molecular weight excluding hydrogens is 235 g/mol. The van der Waals surface area contributed by atoms with Crippen LogP contribution in [-0.2, 0) is 5.92 Å². The summed E-state index contributed by atoms with van der Waals surface area (Å²) in [5.74, 6) is -4.07. The highest BCUT2D eigenvalue weighted by Crippen LogP contribution is 2.30. The highest BCUT2D eigenvalue weighted by molar-refractivity contribution is 5.29. The second-order valence-electron chi connectivity index (χ2n) is 2.93. The molecular formula is C9H7F5O2. The number of alkyl halides is 5. The molecule has 0 bridgehead atoms. The summed E-state index contributed by atoms with van der Waals surface area (Å²) in [4.78, 5) is 0. The van der Waals surface area contributed by atoms with Crippen LogP contribution in [0.15, 0.2) is 24.3 Å². The Balaban J connectivity index is 2.84. The van der Waals surface area contributed by atoms with Gasteiger partial charge in [0.2, 0.25) is 0 Å². The molecule has 2 nitrogen and oxygen atoms in total. The van der Waals surface area contributed by atoms with Crippen LogP contribution in [-0.4, -0.2) is 18.1 Å². The van der Waals surface area contributed by atoms with E-state index in [0.29, 0.717) is 0 Å². The fourth-order valence-corrected chi connectivity index (χ4v) is 0.992. The molecule has 0 saturated carbocycles. The van der Waals surface area contributed by atoms with Gasteiger partial charge in [0.1, 0.15) is 12.4 Å². The van der Waals surface area contributed by atoms with Gasteiger partial charge in [-0.15, -0.1) is 13.2 Å². The van der Waals surface area contributed by atoms with Crippen molar-refractivity contribution in [3.05, 3.63) is 29.8 Å². The van der Waals surface area contributed by atoms with E-state index in [9.17, 15) is 22.0 Å².